The molecule has 0 spiro atoms. The second kappa shape index (κ2) is 5.83. The van der Waals surface area contributed by atoms with Gasteiger partial charge in [-0.25, -0.2) is 4.98 Å². The molecule has 7 nitrogen and oxygen atoms in total. The monoisotopic (exact) mass is 264 g/mol. The van der Waals surface area contributed by atoms with E-state index in [0.717, 1.165) is 37.0 Å². The molecule has 0 aliphatic carbocycles. The lowest BCUT2D eigenvalue weighted by Gasteiger charge is -2.12. The predicted molar refractivity (Wildman–Crippen MR) is 72.0 cm³/mol. The van der Waals surface area contributed by atoms with Gasteiger partial charge in [-0.15, -0.1) is 0 Å². The number of aryl methyl sites for hydroxylation is 1. The van der Waals surface area contributed by atoms with Gasteiger partial charge in [0.25, 0.3) is 0 Å². The third-order valence-corrected chi connectivity index (χ3v) is 2.86. The lowest BCUT2D eigenvalue weighted by molar-refractivity contribution is 0.387. The molecule has 0 aliphatic heterocycles. The van der Waals surface area contributed by atoms with Crippen molar-refractivity contribution < 1.29 is 4.52 Å². The van der Waals surface area contributed by atoms with Crippen LogP contribution in [0.2, 0.25) is 0 Å². The van der Waals surface area contributed by atoms with Crippen molar-refractivity contribution in [3.8, 4) is 0 Å². The Balaban J connectivity index is 1.80. The summed E-state index contributed by atoms with van der Waals surface area (Å²) in [5.74, 6) is 2.30. The van der Waals surface area contributed by atoms with Crippen molar-refractivity contribution in [3.05, 3.63) is 23.6 Å². The summed E-state index contributed by atoms with van der Waals surface area (Å²) in [5.41, 5.74) is 1.15. The number of hydrogen-bond donors (Lipinski definition) is 1. The van der Waals surface area contributed by atoms with E-state index in [1.807, 2.05) is 32.2 Å². The first-order valence-corrected chi connectivity index (χ1v) is 6.25. The van der Waals surface area contributed by atoms with Crippen LogP contribution in [0.25, 0.3) is 0 Å². The fraction of sp³-hybridized carbons (Fsp3) is 0.583. The Labute approximate surface area is 112 Å². The number of anilines is 1. The van der Waals surface area contributed by atoms with Gasteiger partial charge in [-0.05, 0) is 0 Å². The Kier molecular flexibility index (Phi) is 4.16. The molecule has 0 unspecified atom stereocenters. The van der Waals surface area contributed by atoms with Gasteiger partial charge in [0, 0.05) is 47.6 Å². The van der Waals surface area contributed by atoms with Crippen LogP contribution in [0.5, 0.6) is 0 Å². The van der Waals surface area contributed by atoms with Crippen LogP contribution in [0.1, 0.15) is 17.4 Å². The van der Waals surface area contributed by atoms with Crippen molar-refractivity contribution in [2.45, 2.75) is 19.9 Å². The molecular formula is C12H20N6O. The zero-order valence-corrected chi connectivity index (χ0v) is 11.8. The Hall–Kier alpha value is -1.89. The zero-order chi connectivity index (χ0) is 13.8. The maximum atomic E-state index is 4.92. The van der Waals surface area contributed by atoms with E-state index < -0.39 is 0 Å². The van der Waals surface area contributed by atoms with Crippen LogP contribution in [0.15, 0.2) is 10.7 Å². The van der Waals surface area contributed by atoms with Crippen molar-refractivity contribution >= 4 is 5.95 Å². The molecule has 0 aromatic carbocycles. The standard InChI is InChI=1S/C12H20N6O/c1-9-15-11(16-19-9)5-6-13-7-10-8-14-12(17(2)3)18(10)4/h8,13H,5-7H2,1-4H3. The van der Waals surface area contributed by atoms with Gasteiger partial charge in [-0.2, -0.15) is 4.98 Å². The van der Waals surface area contributed by atoms with Crippen molar-refractivity contribution in [1.82, 2.24) is 25.0 Å². The number of hydrogen-bond acceptors (Lipinski definition) is 6. The Bertz CT molecular complexity index is 530. The number of nitrogens with zero attached hydrogens (tertiary/aromatic N) is 5. The fourth-order valence-corrected chi connectivity index (χ4v) is 1.87. The molecule has 0 atom stereocenters. The SMILES string of the molecule is Cc1nc(CCNCc2cnc(N(C)C)n2C)no1. The zero-order valence-electron chi connectivity index (χ0n) is 11.8. The first-order valence-electron chi connectivity index (χ1n) is 6.25. The predicted octanol–water partition coefficient (Wildman–Crippen LogP) is 0.510. The van der Waals surface area contributed by atoms with Crippen LogP contribution in [0, 0.1) is 6.92 Å². The summed E-state index contributed by atoms with van der Waals surface area (Å²) >= 11 is 0. The van der Waals surface area contributed by atoms with Crippen LogP contribution in [-0.4, -0.2) is 40.3 Å². The van der Waals surface area contributed by atoms with Crippen molar-refractivity contribution in [2.24, 2.45) is 7.05 Å². The molecule has 104 valence electrons. The quantitative estimate of drug-likeness (QED) is 0.766. The van der Waals surface area contributed by atoms with Gasteiger partial charge in [-0.1, -0.05) is 5.16 Å². The van der Waals surface area contributed by atoms with E-state index in [0.29, 0.717) is 5.89 Å². The molecule has 0 aliphatic rings. The van der Waals surface area contributed by atoms with Gasteiger partial charge in [-0.3, -0.25) is 0 Å². The third kappa shape index (κ3) is 3.31. The Morgan fingerprint density at radius 1 is 1.42 bits per heavy atom. The highest BCUT2D eigenvalue weighted by Crippen LogP contribution is 2.10. The van der Waals surface area contributed by atoms with Crippen molar-refractivity contribution in [1.29, 1.82) is 0 Å². The third-order valence-electron chi connectivity index (χ3n) is 2.86. The first-order chi connectivity index (χ1) is 9.08. The van der Waals surface area contributed by atoms with E-state index in [4.69, 9.17) is 4.52 Å². The summed E-state index contributed by atoms with van der Waals surface area (Å²) < 4.78 is 6.99. The Morgan fingerprint density at radius 3 is 2.79 bits per heavy atom. The number of nitrogens with one attached hydrogen (secondary N) is 1. The Morgan fingerprint density at radius 2 is 2.21 bits per heavy atom. The molecule has 0 radical (unpaired) electrons. The first kappa shape index (κ1) is 13.5. The number of aromatic nitrogens is 4. The minimum Gasteiger partial charge on any atom is -0.348 e. The second-order valence-electron chi connectivity index (χ2n) is 4.66. The molecule has 1 N–H and O–H groups in total. The van der Waals surface area contributed by atoms with Gasteiger partial charge in [0.1, 0.15) is 0 Å². The summed E-state index contributed by atoms with van der Waals surface area (Å²) in [6.07, 6.45) is 2.65. The maximum absolute atomic E-state index is 4.92. The van der Waals surface area contributed by atoms with E-state index in [1.165, 1.54) is 0 Å². The maximum Gasteiger partial charge on any atom is 0.223 e. The van der Waals surface area contributed by atoms with Crippen LogP contribution in [0.3, 0.4) is 0 Å². The topological polar surface area (TPSA) is 72.0 Å². The van der Waals surface area contributed by atoms with Crippen LogP contribution in [0.4, 0.5) is 5.95 Å². The smallest absolute Gasteiger partial charge is 0.223 e. The lowest BCUT2D eigenvalue weighted by atomic mass is 10.4. The molecule has 0 saturated heterocycles. The minimum atomic E-state index is 0.609. The highest BCUT2D eigenvalue weighted by Gasteiger charge is 2.07. The van der Waals surface area contributed by atoms with Crippen LogP contribution in [-0.2, 0) is 20.0 Å². The highest BCUT2D eigenvalue weighted by atomic mass is 16.5. The minimum absolute atomic E-state index is 0.609. The normalized spacial score (nSPS) is 10.9. The average Bonchev–Trinajstić information content (AvgIpc) is 2.92. The van der Waals surface area contributed by atoms with E-state index >= 15 is 0 Å². The largest absolute Gasteiger partial charge is 0.348 e. The molecule has 2 rings (SSSR count). The average molecular weight is 264 g/mol. The molecule has 0 bridgehead atoms. The summed E-state index contributed by atoms with van der Waals surface area (Å²) in [4.78, 5) is 10.5. The van der Waals surface area contributed by atoms with Crippen LogP contribution >= 0.6 is 0 Å². The van der Waals surface area contributed by atoms with Gasteiger partial charge in [0.05, 0.1) is 11.9 Å². The fourth-order valence-electron chi connectivity index (χ4n) is 1.87. The molecule has 19 heavy (non-hydrogen) atoms. The molecule has 0 fully saturated rings. The highest BCUT2D eigenvalue weighted by molar-refractivity contribution is 5.30. The van der Waals surface area contributed by atoms with Crippen LogP contribution < -0.4 is 10.2 Å². The summed E-state index contributed by atoms with van der Waals surface area (Å²) in [5, 5.41) is 7.21. The summed E-state index contributed by atoms with van der Waals surface area (Å²) in [7, 11) is 5.98. The van der Waals surface area contributed by atoms with Gasteiger partial charge in [0.2, 0.25) is 11.8 Å². The molecule has 7 heteroatoms. The molecule has 0 amide bonds. The van der Waals surface area contributed by atoms with E-state index in [9.17, 15) is 0 Å². The molecular weight excluding hydrogens is 244 g/mol. The van der Waals surface area contributed by atoms with Gasteiger partial charge in [0.15, 0.2) is 5.82 Å². The van der Waals surface area contributed by atoms with E-state index in [2.05, 4.69) is 25.0 Å². The van der Waals surface area contributed by atoms with E-state index in [-0.39, 0.29) is 0 Å². The summed E-state index contributed by atoms with van der Waals surface area (Å²) in [6, 6.07) is 0. The number of rotatable bonds is 6. The lowest BCUT2D eigenvalue weighted by Crippen LogP contribution is -2.20. The van der Waals surface area contributed by atoms with Gasteiger partial charge >= 0.3 is 0 Å². The van der Waals surface area contributed by atoms with Gasteiger partial charge < -0.3 is 19.3 Å². The molecule has 2 heterocycles. The number of imidazole rings is 1. The summed E-state index contributed by atoms with van der Waals surface area (Å²) in [6.45, 7) is 3.37. The second-order valence-corrected chi connectivity index (χ2v) is 4.66. The van der Waals surface area contributed by atoms with E-state index in [1.54, 1.807) is 6.92 Å². The van der Waals surface area contributed by atoms with Crippen molar-refractivity contribution in [2.75, 3.05) is 25.5 Å². The molecule has 2 aromatic rings. The van der Waals surface area contributed by atoms with Crippen molar-refractivity contribution in [3.63, 3.8) is 0 Å². The molecule has 2 aromatic heterocycles. The molecule has 0 saturated carbocycles.